The van der Waals surface area contributed by atoms with Crippen LogP contribution in [0.25, 0.3) is 10.9 Å². The molecule has 10 heteroatoms. The number of carbonyl (C=O) groups is 1. The summed E-state index contributed by atoms with van der Waals surface area (Å²) >= 11 is 0. The van der Waals surface area contributed by atoms with E-state index in [9.17, 15) is 18.3 Å². The van der Waals surface area contributed by atoms with Crippen LogP contribution in [0.5, 0.6) is 5.75 Å². The molecule has 2 heterocycles. The van der Waals surface area contributed by atoms with Gasteiger partial charge in [-0.3, -0.25) is 9.48 Å². The fourth-order valence-electron chi connectivity index (χ4n) is 4.45. The van der Waals surface area contributed by atoms with Crippen LogP contribution in [-0.4, -0.2) is 66.5 Å². The Morgan fingerprint density at radius 3 is 2.57 bits per heavy atom. The van der Waals surface area contributed by atoms with Crippen LogP contribution >= 0.6 is 0 Å². The molecule has 1 saturated heterocycles. The number of hydrogen-bond donors (Lipinski definition) is 1. The SMILES string of the molecule is CCOCCCOc1ccc(S(=O)(=O)N2C[C@@H](C)[C@@H](n3nc(CC(=O)O)c4ccccc43)C2)cc1. The summed E-state index contributed by atoms with van der Waals surface area (Å²) in [6, 6.07) is 13.7. The lowest BCUT2D eigenvalue weighted by Gasteiger charge is -2.18. The summed E-state index contributed by atoms with van der Waals surface area (Å²) in [5.41, 5.74) is 1.30. The fourth-order valence-corrected chi connectivity index (χ4v) is 6.01. The van der Waals surface area contributed by atoms with E-state index in [2.05, 4.69) is 5.10 Å². The zero-order chi connectivity index (χ0) is 25.0. The lowest BCUT2D eigenvalue weighted by Crippen LogP contribution is -2.29. The molecule has 0 aliphatic carbocycles. The van der Waals surface area contributed by atoms with E-state index in [0.29, 0.717) is 37.8 Å². The predicted molar refractivity (Wildman–Crippen MR) is 131 cm³/mol. The third-order valence-corrected chi connectivity index (χ3v) is 8.08. The van der Waals surface area contributed by atoms with Gasteiger partial charge in [-0.15, -0.1) is 0 Å². The molecule has 1 aliphatic heterocycles. The summed E-state index contributed by atoms with van der Waals surface area (Å²) in [7, 11) is -3.70. The van der Waals surface area contributed by atoms with Crippen LogP contribution in [0.4, 0.5) is 0 Å². The molecule has 0 unspecified atom stereocenters. The predicted octanol–water partition coefficient (Wildman–Crippen LogP) is 3.35. The molecule has 0 bridgehead atoms. The molecule has 35 heavy (non-hydrogen) atoms. The minimum absolute atomic E-state index is 0.00120. The Kier molecular flexibility index (Phi) is 7.73. The maximum absolute atomic E-state index is 13.4. The number of hydrogen-bond acceptors (Lipinski definition) is 6. The first-order valence-corrected chi connectivity index (χ1v) is 13.2. The minimum atomic E-state index is -3.70. The van der Waals surface area contributed by atoms with Gasteiger partial charge < -0.3 is 14.6 Å². The summed E-state index contributed by atoms with van der Waals surface area (Å²) in [5, 5.41) is 14.7. The number of nitrogens with zero attached hydrogens (tertiary/aromatic N) is 3. The van der Waals surface area contributed by atoms with Crippen molar-refractivity contribution in [3.63, 3.8) is 0 Å². The lowest BCUT2D eigenvalue weighted by molar-refractivity contribution is -0.136. The van der Waals surface area contributed by atoms with E-state index in [1.165, 1.54) is 4.31 Å². The summed E-state index contributed by atoms with van der Waals surface area (Å²) in [4.78, 5) is 11.5. The number of carboxylic acids is 1. The first-order valence-electron chi connectivity index (χ1n) is 11.8. The van der Waals surface area contributed by atoms with Crippen LogP contribution in [0.2, 0.25) is 0 Å². The molecular formula is C25H31N3O6S. The molecule has 2 aromatic carbocycles. The fraction of sp³-hybridized carbons (Fsp3) is 0.440. The number of ether oxygens (including phenoxy) is 2. The second-order valence-corrected chi connectivity index (χ2v) is 10.7. The molecule has 0 saturated carbocycles. The van der Waals surface area contributed by atoms with Gasteiger partial charge in [-0.25, -0.2) is 8.42 Å². The number of aliphatic carboxylic acids is 1. The van der Waals surface area contributed by atoms with Crippen molar-refractivity contribution in [2.45, 2.75) is 37.6 Å². The zero-order valence-electron chi connectivity index (χ0n) is 20.0. The van der Waals surface area contributed by atoms with Crippen molar-refractivity contribution in [2.24, 2.45) is 5.92 Å². The van der Waals surface area contributed by atoms with Gasteiger partial charge in [0, 0.05) is 38.1 Å². The van der Waals surface area contributed by atoms with Crippen molar-refractivity contribution in [3.8, 4) is 5.75 Å². The Bertz CT molecular complexity index is 1270. The molecule has 2 atom stereocenters. The van der Waals surface area contributed by atoms with Gasteiger partial charge in [0.2, 0.25) is 10.0 Å². The van der Waals surface area contributed by atoms with Gasteiger partial charge in [0.15, 0.2) is 0 Å². The van der Waals surface area contributed by atoms with E-state index >= 15 is 0 Å². The van der Waals surface area contributed by atoms with Crippen LogP contribution in [-0.2, 0) is 26.0 Å². The maximum Gasteiger partial charge on any atom is 0.309 e. The van der Waals surface area contributed by atoms with Crippen LogP contribution in [0.15, 0.2) is 53.4 Å². The molecule has 1 N–H and O–H groups in total. The monoisotopic (exact) mass is 501 g/mol. The molecule has 1 aliphatic rings. The number of carboxylic acid groups (broad SMARTS) is 1. The smallest absolute Gasteiger partial charge is 0.309 e. The van der Waals surface area contributed by atoms with Crippen LogP contribution in [0, 0.1) is 5.92 Å². The van der Waals surface area contributed by atoms with Gasteiger partial charge in [-0.05, 0) is 43.2 Å². The van der Waals surface area contributed by atoms with Crippen LogP contribution < -0.4 is 4.74 Å². The average Bonchev–Trinajstić information content (AvgIpc) is 3.40. The molecule has 9 nitrogen and oxygen atoms in total. The van der Waals surface area contributed by atoms with Gasteiger partial charge in [0.05, 0.1) is 35.2 Å². The molecule has 0 spiro atoms. The topological polar surface area (TPSA) is 111 Å². The van der Waals surface area contributed by atoms with Crippen molar-refractivity contribution in [1.29, 1.82) is 0 Å². The quantitative estimate of drug-likeness (QED) is 0.401. The average molecular weight is 502 g/mol. The number of para-hydroxylation sites is 1. The number of fused-ring (bicyclic) bond motifs is 1. The van der Waals surface area contributed by atoms with Crippen molar-refractivity contribution in [1.82, 2.24) is 14.1 Å². The summed E-state index contributed by atoms with van der Waals surface area (Å²) < 4.78 is 41.0. The second-order valence-electron chi connectivity index (χ2n) is 8.72. The molecule has 1 aromatic heterocycles. The lowest BCUT2D eigenvalue weighted by atomic mass is 10.1. The highest BCUT2D eigenvalue weighted by atomic mass is 32.2. The zero-order valence-corrected chi connectivity index (χ0v) is 20.8. The van der Waals surface area contributed by atoms with E-state index in [4.69, 9.17) is 9.47 Å². The van der Waals surface area contributed by atoms with Gasteiger partial charge >= 0.3 is 5.97 Å². The molecule has 4 rings (SSSR count). The van der Waals surface area contributed by atoms with Crippen molar-refractivity contribution in [2.75, 3.05) is 32.9 Å². The Hall–Kier alpha value is -2.95. The molecule has 0 radical (unpaired) electrons. The second kappa shape index (κ2) is 10.8. The van der Waals surface area contributed by atoms with Crippen molar-refractivity contribution < 1.29 is 27.8 Å². The molecule has 188 valence electrons. The number of aromatic nitrogens is 2. The van der Waals surface area contributed by atoms with E-state index in [0.717, 1.165) is 17.3 Å². The van der Waals surface area contributed by atoms with Crippen LogP contribution in [0.3, 0.4) is 0 Å². The third kappa shape index (κ3) is 5.50. The molecule has 1 fully saturated rings. The largest absolute Gasteiger partial charge is 0.494 e. The normalized spacial score (nSPS) is 18.8. The Balaban J connectivity index is 1.49. The summed E-state index contributed by atoms with van der Waals surface area (Å²) in [6.45, 7) is 6.34. The third-order valence-electron chi connectivity index (χ3n) is 6.23. The highest BCUT2D eigenvalue weighted by Crippen LogP contribution is 2.34. The van der Waals surface area contributed by atoms with Gasteiger partial charge in [0.1, 0.15) is 5.75 Å². The standard InChI is InChI=1S/C25H31N3O6S/c1-3-33-13-6-14-34-19-9-11-20(12-10-19)35(31,32)27-16-18(2)24(17-27)28-23-8-5-4-7-21(23)22(26-28)15-25(29)30/h4-5,7-12,18,24H,3,6,13-17H2,1-2H3,(H,29,30)/t18-,24+/m1/s1. The minimum Gasteiger partial charge on any atom is -0.494 e. The molecule has 0 amide bonds. The first kappa shape index (κ1) is 25.2. The number of sulfonamides is 1. The van der Waals surface area contributed by atoms with Crippen LogP contribution in [0.1, 0.15) is 32.0 Å². The van der Waals surface area contributed by atoms with E-state index in [-0.39, 0.29) is 29.8 Å². The van der Waals surface area contributed by atoms with E-state index in [1.807, 2.05) is 38.1 Å². The Labute approximate surface area is 205 Å². The molecular weight excluding hydrogens is 470 g/mol. The van der Waals surface area contributed by atoms with Gasteiger partial charge in [-0.2, -0.15) is 9.40 Å². The Morgan fingerprint density at radius 2 is 1.86 bits per heavy atom. The first-order chi connectivity index (χ1) is 16.8. The molecule has 3 aromatic rings. The number of benzene rings is 2. The van der Waals surface area contributed by atoms with Gasteiger partial charge in [-0.1, -0.05) is 25.1 Å². The highest BCUT2D eigenvalue weighted by Gasteiger charge is 2.39. The van der Waals surface area contributed by atoms with Crippen molar-refractivity contribution in [3.05, 3.63) is 54.2 Å². The summed E-state index contributed by atoms with van der Waals surface area (Å²) in [5.74, 6) is -0.341. The maximum atomic E-state index is 13.4. The van der Waals surface area contributed by atoms with Gasteiger partial charge in [0.25, 0.3) is 0 Å². The summed E-state index contributed by atoms with van der Waals surface area (Å²) in [6.07, 6.45) is 0.577. The van der Waals surface area contributed by atoms with Crippen molar-refractivity contribution >= 4 is 26.9 Å². The highest BCUT2D eigenvalue weighted by molar-refractivity contribution is 7.89. The number of rotatable bonds is 11. The Morgan fingerprint density at radius 1 is 1.11 bits per heavy atom. The van der Waals surface area contributed by atoms with E-state index < -0.39 is 16.0 Å². The van der Waals surface area contributed by atoms with E-state index in [1.54, 1.807) is 28.9 Å².